The summed E-state index contributed by atoms with van der Waals surface area (Å²) in [6.07, 6.45) is 1.85. The number of carbonyl (C=O) groups is 1. The second kappa shape index (κ2) is 8.85. The van der Waals surface area contributed by atoms with Crippen molar-refractivity contribution < 1.29 is 23.4 Å². The van der Waals surface area contributed by atoms with Gasteiger partial charge in [-0.05, 0) is 29.8 Å². The number of halogens is 2. The maximum atomic E-state index is 12.9. The van der Waals surface area contributed by atoms with Crippen molar-refractivity contribution in [1.29, 1.82) is 0 Å². The smallest absolute Gasteiger partial charge is 0.387 e. The number of nitrogens with zero attached hydrogens (tertiary/aromatic N) is 3. The van der Waals surface area contributed by atoms with Crippen LogP contribution in [0.25, 0.3) is 0 Å². The van der Waals surface area contributed by atoms with Crippen LogP contribution in [0.15, 0.2) is 65.7 Å². The number of ether oxygens (including phenoxy) is 1. The molecular weight excluding hydrogens is 412 g/mol. The molecule has 0 saturated carbocycles. The van der Waals surface area contributed by atoms with Crippen molar-refractivity contribution in [3.8, 4) is 5.75 Å². The van der Waals surface area contributed by atoms with Gasteiger partial charge >= 0.3 is 6.61 Å². The van der Waals surface area contributed by atoms with Crippen LogP contribution in [0.5, 0.6) is 5.75 Å². The topological polar surface area (TPSA) is 67.6 Å². The molecule has 0 spiro atoms. The van der Waals surface area contributed by atoms with Crippen molar-refractivity contribution in [3.05, 3.63) is 77.6 Å². The predicted octanol–water partition coefficient (Wildman–Crippen LogP) is 3.66. The number of hydrogen-bond donors (Lipinski definition) is 1. The summed E-state index contributed by atoms with van der Waals surface area (Å²) >= 11 is 1.34. The summed E-state index contributed by atoms with van der Waals surface area (Å²) in [5.41, 5.74) is 2.53. The molecule has 1 amide bonds. The molecule has 4 rings (SSSR count). The van der Waals surface area contributed by atoms with E-state index in [4.69, 9.17) is 0 Å². The fraction of sp³-hybridized carbons (Fsp3) is 0.238. The van der Waals surface area contributed by atoms with E-state index >= 15 is 0 Å². The summed E-state index contributed by atoms with van der Waals surface area (Å²) in [7, 11) is 0. The van der Waals surface area contributed by atoms with Crippen LogP contribution in [0.2, 0.25) is 0 Å². The minimum Gasteiger partial charge on any atom is -0.435 e. The molecule has 1 aromatic heterocycles. The van der Waals surface area contributed by atoms with E-state index in [2.05, 4.69) is 9.84 Å². The van der Waals surface area contributed by atoms with E-state index < -0.39 is 12.5 Å². The summed E-state index contributed by atoms with van der Waals surface area (Å²) in [5, 5.41) is 14.3. The predicted molar refractivity (Wildman–Crippen MR) is 107 cm³/mol. The zero-order valence-corrected chi connectivity index (χ0v) is 16.6. The quantitative estimate of drug-likeness (QED) is 0.619. The van der Waals surface area contributed by atoms with Gasteiger partial charge in [0.15, 0.2) is 0 Å². The van der Waals surface area contributed by atoms with Gasteiger partial charge in [-0.2, -0.15) is 13.9 Å². The second-order valence-electron chi connectivity index (χ2n) is 6.78. The Labute approximate surface area is 176 Å². The Balaban J connectivity index is 1.39. The number of fused-ring (bicyclic) bond motifs is 1. The summed E-state index contributed by atoms with van der Waals surface area (Å²) in [5.74, 6) is -0.621. The molecule has 2 heterocycles. The van der Waals surface area contributed by atoms with Crippen LogP contribution in [0.1, 0.15) is 22.7 Å². The van der Waals surface area contributed by atoms with Gasteiger partial charge in [0.1, 0.15) is 5.75 Å². The Morgan fingerprint density at radius 3 is 2.50 bits per heavy atom. The Bertz CT molecular complexity index is 989. The third kappa shape index (κ3) is 4.47. The van der Waals surface area contributed by atoms with Gasteiger partial charge in [-0.15, -0.1) is 0 Å². The highest BCUT2D eigenvalue weighted by Gasteiger charge is 2.31. The average Bonchev–Trinajstić information content (AvgIpc) is 3.29. The minimum absolute atomic E-state index is 0.100. The van der Waals surface area contributed by atoms with Crippen molar-refractivity contribution in [2.24, 2.45) is 0 Å². The maximum Gasteiger partial charge on any atom is 0.387 e. The lowest BCUT2D eigenvalue weighted by Gasteiger charge is -2.22. The molecular formula is C21H19F2N3O3S. The number of hydrogen-bond acceptors (Lipinski definition) is 5. The van der Waals surface area contributed by atoms with E-state index in [0.29, 0.717) is 13.1 Å². The lowest BCUT2D eigenvalue weighted by atomic mass is 9.98. The van der Waals surface area contributed by atoms with Gasteiger partial charge < -0.3 is 14.7 Å². The van der Waals surface area contributed by atoms with Crippen LogP contribution >= 0.6 is 11.9 Å². The number of amides is 1. The third-order valence-corrected chi connectivity index (χ3v) is 5.66. The summed E-state index contributed by atoms with van der Waals surface area (Å²) < 4.78 is 30.5. The van der Waals surface area contributed by atoms with Gasteiger partial charge in [-0.25, -0.2) is 4.09 Å². The highest BCUT2D eigenvalue weighted by molar-refractivity contribution is 7.97. The minimum atomic E-state index is -2.85. The Hall–Kier alpha value is -2.91. The second-order valence-corrected chi connectivity index (χ2v) is 7.81. The molecule has 6 nitrogen and oxygen atoms in total. The van der Waals surface area contributed by atoms with Crippen LogP contribution in [0.4, 0.5) is 8.78 Å². The molecule has 1 N–H and O–H groups in total. The molecule has 0 saturated heterocycles. The van der Waals surface area contributed by atoms with Gasteiger partial charge in [0.25, 0.3) is 0 Å². The molecule has 0 aliphatic carbocycles. The first-order chi connectivity index (χ1) is 14.5. The Kier molecular flexibility index (Phi) is 6.01. The van der Waals surface area contributed by atoms with E-state index in [-0.39, 0.29) is 18.3 Å². The van der Waals surface area contributed by atoms with Gasteiger partial charge in [0.05, 0.1) is 24.8 Å². The van der Waals surface area contributed by atoms with Crippen LogP contribution in [-0.4, -0.2) is 38.3 Å². The van der Waals surface area contributed by atoms with E-state index in [1.165, 1.54) is 24.1 Å². The summed E-state index contributed by atoms with van der Waals surface area (Å²) in [6.45, 7) is -2.29. The fourth-order valence-corrected chi connectivity index (χ4v) is 4.14. The number of alkyl halides is 2. The van der Waals surface area contributed by atoms with Crippen LogP contribution < -0.4 is 4.74 Å². The zero-order chi connectivity index (χ0) is 21.1. The number of aliphatic hydroxyl groups is 1. The first kappa shape index (κ1) is 20.4. The third-order valence-electron chi connectivity index (χ3n) is 4.80. The Morgan fingerprint density at radius 2 is 1.87 bits per heavy atom. The van der Waals surface area contributed by atoms with Crippen molar-refractivity contribution in [3.63, 3.8) is 0 Å². The fourth-order valence-electron chi connectivity index (χ4n) is 3.35. The molecule has 0 radical (unpaired) electrons. The number of carbonyl (C=O) groups excluding carboxylic acids is 1. The van der Waals surface area contributed by atoms with Crippen LogP contribution in [0.3, 0.4) is 0 Å². The molecule has 0 fully saturated rings. The number of rotatable bonds is 7. The van der Waals surface area contributed by atoms with Gasteiger partial charge in [0, 0.05) is 35.1 Å². The van der Waals surface area contributed by atoms with Crippen molar-refractivity contribution in [2.45, 2.75) is 30.5 Å². The summed E-state index contributed by atoms with van der Waals surface area (Å²) in [6, 6.07) is 15.5. The van der Waals surface area contributed by atoms with Gasteiger partial charge in [0.2, 0.25) is 5.91 Å². The molecule has 1 aliphatic rings. The zero-order valence-electron chi connectivity index (χ0n) is 15.8. The van der Waals surface area contributed by atoms with E-state index in [9.17, 15) is 18.7 Å². The SMILES string of the molecule is O=C(C(CO)c1ccccc1)N1Cc2cn(Sc3ccc(OC(F)F)cc3)nc2C1. The van der Waals surface area contributed by atoms with Crippen molar-refractivity contribution in [2.75, 3.05) is 6.61 Å². The number of aliphatic hydroxyl groups excluding tert-OH is 1. The highest BCUT2D eigenvalue weighted by atomic mass is 32.2. The molecule has 1 aliphatic heterocycles. The van der Waals surface area contributed by atoms with Gasteiger partial charge in [-0.1, -0.05) is 30.3 Å². The Morgan fingerprint density at radius 1 is 1.13 bits per heavy atom. The number of benzene rings is 2. The molecule has 3 aromatic rings. The van der Waals surface area contributed by atoms with E-state index in [1.54, 1.807) is 21.1 Å². The number of aromatic nitrogens is 2. The average molecular weight is 431 g/mol. The lowest BCUT2D eigenvalue weighted by molar-refractivity contribution is -0.134. The highest BCUT2D eigenvalue weighted by Crippen LogP contribution is 2.29. The molecule has 9 heteroatoms. The first-order valence-electron chi connectivity index (χ1n) is 9.28. The molecule has 0 bridgehead atoms. The standard InChI is InChI=1S/C21H19F2N3O3S/c22-21(23)29-16-6-8-17(9-7-16)30-26-11-15-10-25(12-19(15)24-26)20(28)18(13-27)14-4-2-1-3-5-14/h1-9,11,18,21,27H,10,12-13H2. The van der Waals surface area contributed by atoms with Crippen molar-refractivity contribution >= 4 is 17.9 Å². The van der Waals surface area contributed by atoms with Crippen LogP contribution in [-0.2, 0) is 17.9 Å². The monoisotopic (exact) mass is 431 g/mol. The molecule has 30 heavy (non-hydrogen) atoms. The maximum absolute atomic E-state index is 12.9. The molecule has 1 unspecified atom stereocenters. The van der Waals surface area contributed by atoms with E-state index in [1.807, 2.05) is 36.5 Å². The van der Waals surface area contributed by atoms with Crippen LogP contribution in [0, 0.1) is 0 Å². The molecule has 156 valence electrons. The van der Waals surface area contributed by atoms with E-state index in [0.717, 1.165) is 21.7 Å². The van der Waals surface area contributed by atoms with Crippen molar-refractivity contribution in [1.82, 2.24) is 14.1 Å². The lowest BCUT2D eigenvalue weighted by Crippen LogP contribution is -2.32. The molecule has 1 atom stereocenters. The molecule has 2 aromatic carbocycles. The van der Waals surface area contributed by atoms with Gasteiger partial charge in [-0.3, -0.25) is 4.79 Å². The largest absolute Gasteiger partial charge is 0.435 e. The summed E-state index contributed by atoms with van der Waals surface area (Å²) in [4.78, 5) is 15.4. The first-order valence-corrected chi connectivity index (χ1v) is 10.1. The normalized spacial score (nSPS) is 14.1.